The number of nitrogens with one attached hydrogen (secondary N) is 2. The summed E-state index contributed by atoms with van der Waals surface area (Å²) in [6, 6.07) is 6.21. The fourth-order valence-electron chi connectivity index (χ4n) is 2.11. The van der Waals surface area contributed by atoms with E-state index in [9.17, 15) is 4.39 Å². The van der Waals surface area contributed by atoms with E-state index in [1.54, 1.807) is 19.2 Å². The van der Waals surface area contributed by atoms with Crippen molar-refractivity contribution in [1.82, 2.24) is 10.6 Å². The van der Waals surface area contributed by atoms with Gasteiger partial charge >= 0.3 is 0 Å². The molecule has 1 atom stereocenters. The molecule has 144 valence electrons. The van der Waals surface area contributed by atoms with E-state index < -0.39 is 0 Å². The van der Waals surface area contributed by atoms with Gasteiger partial charge in [-0.15, -0.1) is 24.0 Å². The average Bonchev–Trinajstić information content (AvgIpc) is 2.59. The maximum atomic E-state index is 13.2. The monoisotopic (exact) mass is 467 g/mol. The molecule has 5 nitrogen and oxygen atoms in total. The molecule has 0 amide bonds. The number of ether oxygens (including phenoxy) is 2. The number of unbranched alkanes of at least 4 members (excludes halogenated alkanes) is 1. The van der Waals surface area contributed by atoms with E-state index >= 15 is 0 Å². The highest BCUT2D eigenvalue weighted by Crippen LogP contribution is 2.14. The maximum absolute atomic E-state index is 13.2. The van der Waals surface area contributed by atoms with Crippen LogP contribution in [-0.2, 0) is 4.74 Å². The molecule has 0 spiro atoms. The van der Waals surface area contributed by atoms with Crippen molar-refractivity contribution in [3.63, 3.8) is 0 Å². The normalized spacial score (nSPS) is 12.2. The minimum Gasteiger partial charge on any atom is -0.489 e. The molecule has 0 aliphatic rings. The second kappa shape index (κ2) is 15.2. The molecule has 0 heterocycles. The quantitative estimate of drug-likeness (QED) is 0.226. The van der Waals surface area contributed by atoms with Crippen LogP contribution in [0.2, 0.25) is 0 Å². The summed E-state index contributed by atoms with van der Waals surface area (Å²) >= 11 is 0. The zero-order valence-corrected chi connectivity index (χ0v) is 17.7. The highest BCUT2D eigenvalue weighted by atomic mass is 127. The van der Waals surface area contributed by atoms with Gasteiger partial charge in [0.05, 0.1) is 6.54 Å². The molecule has 0 aliphatic heterocycles. The van der Waals surface area contributed by atoms with E-state index in [1.165, 1.54) is 12.1 Å². The third-order valence-corrected chi connectivity index (χ3v) is 3.49. The first-order valence-electron chi connectivity index (χ1n) is 8.64. The summed E-state index contributed by atoms with van der Waals surface area (Å²) < 4.78 is 24.3. The lowest BCUT2D eigenvalue weighted by atomic mass is 10.2. The first-order valence-corrected chi connectivity index (χ1v) is 8.64. The Bertz CT molecular complexity index is 489. The lowest BCUT2D eigenvalue weighted by Gasteiger charge is -2.20. The van der Waals surface area contributed by atoms with Crippen LogP contribution in [0.15, 0.2) is 29.3 Å². The second-order valence-electron chi connectivity index (χ2n) is 5.39. The first kappa shape index (κ1) is 23.9. The molecule has 1 unspecified atom stereocenters. The van der Waals surface area contributed by atoms with Gasteiger partial charge < -0.3 is 20.1 Å². The van der Waals surface area contributed by atoms with Gasteiger partial charge in [0.15, 0.2) is 5.96 Å². The number of benzene rings is 1. The maximum Gasteiger partial charge on any atom is 0.191 e. The summed E-state index contributed by atoms with van der Waals surface area (Å²) in [4.78, 5) is 4.20. The van der Waals surface area contributed by atoms with Gasteiger partial charge in [0, 0.05) is 32.9 Å². The zero-order chi connectivity index (χ0) is 17.6. The molecule has 7 heteroatoms. The van der Waals surface area contributed by atoms with Crippen LogP contribution in [-0.4, -0.2) is 45.4 Å². The smallest absolute Gasteiger partial charge is 0.191 e. The molecule has 1 aromatic carbocycles. The SMILES string of the molecule is CCOCCCCNC(=NC)NCC(CC)Oc1cccc(F)c1.I. The Morgan fingerprint density at radius 2 is 2.04 bits per heavy atom. The van der Waals surface area contributed by atoms with Gasteiger partial charge in [-0.25, -0.2) is 4.39 Å². The highest BCUT2D eigenvalue weighted by Gasteiger charge is 2.09. The molecule has 0 fully saturated rings. The molecule has 0 bridgehead atoms. The third kappa shape index (κ3) is 11.2. The molecule has 1 aromatic rings. The summed E-state index contributed by atoms with van der Waals surface area (Å²) in [6.07, 6.45) is 2.81. The summed E-state index contributed by atoms with van der Waals surface area (Å²) in [6.45, 7) is 7.04. The van der Waals surface area contributed by atoms with E-state index in [-0.39, 0.29) is 35.9 Å². The average molecular weight is 467 g/mol. The van der Waals surface area contributed by atoms with Crippen molar-refractivity contribution < 1.29 is 13.9 Å². The number of halogens is 2. The molecule has 0 radical (unpaired) electrons. The summed E-state index contributed by atoms with van der Waals surface area (Å²) in [7, 11) is 1.74. The number of hydrogen-bond acceptors (Lipinski definition) is 3. The zero-order valence-electron chi connectivity index (χ0n) is 15.4. The van der Waals surface area contributed by atoms with E-state index in [0.717, 1.165) is 45.0 Å². The Morgan fingerprint density at radius 1 is 1.24 bits per heavy atom. The van der Waals surface area contributed by atoms with Crippen LogP contribution in [0.25, 0.3) is 0 Å². The molecular formula is C18H31FIN3O2. The predicted molar refractivity (Wildman–Crippen MR) is 112 cm³/mol. The lowest BCUT2D eigenvalue weighted by Crippen LogP contribution is -2.42. The summed E-state index contributed by atoms with van der Waals surface area (Å²) in [5.74, 6) is 0.995. The van der Waals surface area contributed by atoms with Crippen molar-refractivity contribution in [3.8, 4) is 5.75 Å². The van der Waals surface area contributed by atoms with Crippen molar-refractivity contribution in [3.05, 3.63) is 30.1 Å². The molecule has 2 N–H and O–H groups in total. The summed E-state index contributed by atoms with van der Waals surface area (Å²) in [5.41, 5.74) is 0. The van der Waals surface area contributed by atoms with Crippen molar-refractivity contribution in [2.24, 2.45) is 4.99 Å². The molecule has 0 aromatic heterocycles. The van der Waals surface area contributed by atoms with Gasteiger partial charge in [-0.2, -0.15) is 0 Å². The Labute approximate surface area is 167 Å². The van der Waals surface area contributed by atoms with Gasteiger partial charge in [0.2, 0.25) is 0 Å². The van der Waals surface area contributed by atoms with Crippen LogP contribution in [0.1, 0.15) is 33.1 Å². The number of guanidine groups is 1. The largest absolute Gasteiger partial charge is 0.489 e. The van der Waals surface area contributed by atoms with Crippen LogP contribution in [0, 0.1) is 5.82 Å². The molecule has 0 saturated heterocycles. The van der Waals surface area contributed by atoms with Crippen molar-refractivity contribution in [2.75, 3.05) is 33.4 Å². The van der Waals surface area contributed by atoms with Crippen LogP contribution in [0.3, 0.4) is 0 Å². The van der Waals surface area contributed by atoms with Crippen LogP contribution < -0.4 is 15.4 Å². The first-order chi connectivity index (χ1) is 11.7. The van der Waals surface area contributed by atoms with Gasteiger partial charge in [0.25, 0.3) is 0 Å². The van der Waals surface area contributed by atoms with Crippen molar-refractivity contribution in [1.29, 1.82) is 0 Å². The number of hydrogen-bond donors (Lipinski definition) is 2. The number of rotatable bonds is 11. The number of nitrogens with zero attached hydrogens (tertiary/aromatic N) is 1. The van der Waals surface area contributed by atoms with E-state index in [1.807, 2.05) is 13.8 Å². The Kier molecular flexibility index (Phi) is 14.5. The van der Waals surface area contributed by atoms with Gasteiger partial charge in [-0.05, 0) is 38.3 Å². The van der Waals surface area contributed by atoms with Crippen molar-refractivity contribution in [2.45, 2.75) is 39.2 Å². The van der Waals surface area contributed by atoms with Gasteiger partial charge in [-0.1, -0.05) is 13.0 Å². The van der Waals surface area contributed by atoms with Crippen molar-refractivity contribution >= 4 is 29.9 Å². The molecule has 1 rings (SSSR count). The molecular weight excluding hydrogens is 436 g/mol. The predicted octanol–water partition coefficient (Wildman–Crippen LogP) is 3.58. The second-order valence-corrected chi connectivity index (χ2v) is 5.39. The lowest BCUT2D eigenvalue weighted by molar-refractivity contribution is 0.143. The van der Waals surface area contributed by atoms with Crippen LogP contribution >= 0.6 is 24.0 Å². The highest BCUT2D eigenvalue weighted by molar-refractivity contribution is 14.0. The Hall–Kier alpha value is -1.09. The molecule has 25 heavy (non-hydrogen) atoms. The van der Waals surface area contributed by atoms with Gasteiger partial charge in [-0.3, -0.25) is 4.99 Å². The minimum atomic E-state index is -0.292. The fourth-order valence-corrected chi connectivity index (χ4v) is 2.11. The van der Waals surface area contributed by atoms with Crippen LogP contribution in [0.5, 0.6) is 5.75 Å². The van der Waals surface area contributed by atoms with E-state index in [0.29, 0.717) is 12.3 Å². The third-order valence-electron chi connectivity index (χ3n) is 3.49. The Balaban J connectivity index is 0.00000576. The van der Waals surface area contributed by atoms with E-state index in [2.05, 4.69) is 15.6 Å². The molecule has 0 aliphatic carbocycles. The number of aliphatic imine (C=N–C) groups is 1. The topological polar surface area (TPSA) is 54.9 Å². The van der Waals surface area contributed by atoms with Gasteiger partial charge in [0.1, 0.15) is 17.7 Å². The summed E-state index contributed by atoms with van der Waals surface area (Å²) in [5, 5.41) is 6.51. The van der Waals surface area contributed by atoms with Crippen LogP contribution in [0.4, 0.5) is 4.39 Å². The fraction of sp³-hybridized carbons (Fsp3) is 0.611. The molecule has 0 saturated carbocycles. The van der Waals surface area contributed by atoms with E-state index in [4.69, 9.17) is 9.47 Å². The standard InChI is InChI=1S/C18H30FN3O2.HI/c1-4-16(24-17-10-8-9-15(19)13-17)14-22-18(20-3)21-11-6-7-12-23-5-2;/h8-10,13,16H,4-7,11-12,14H2,1-3H3,(H2,20,21,22);1H. The Morgan fingerprint density at radius 3 is 2.68 bits per heavy atom. The minimum absolute atomic E-state index is 0.